The number of carbonyl (C=O) groups excluding carboxylic acids is 2. The summed E-state index contributed by atoms with van der Waals surface area (Å²) in [6.07, 6.45) is 4.01. The summed E-state index contributed by atoms with van der Waals surface area (Å²) in [6, 6.07) is 4.82. The second-order valence-corrected chi connectivity index (χ2v) is 10.5. The van der Waals surface area contributed by atoms with Crippen LogP contribution < -0.4 is 0 Å². The van der Waals surface area contributed by atoms with Crippen molar-refractivity contribution in [3.63, 3.8) is 0 Å². The topological polar surface area (TPSA) is 67.7 Å². The molecule has 9 heteroatoms. The Hall–Kier alpha value is -2.45. The second-order valence-electron chi connectivity index (χ2n) is 10.1. The first-order valence-electron chi connectivity index (χ1n) is 12.6. The first-order chi connectivity index (χ1) is 16.8. The fourth-order valence-electron chi connectivity index (χ4n) is 5.81. The van der Waals surface area contributed by atoms with Crippen molar-refractivity contribution in [2.75, 3.05) is 26.2 Å². The van der Waals surface area contributed by atoms with E-state index in [1.54, 1.807) is 16.8 Å². The summed E-state index contributed by atoms with van der Waals surface area (Å²) in [5.74, 6) is -0.282. The van der Waals surface area contributed by atoms with Crippen LogP contribution in [0.3, 0.4) is 0 Å². The van der Waals surface area contributed by atoms with Gasteiger partial charge in [0.15, 0.2) is 5.69 Å². The smallest absolute Gasteiger partial charge is 0.274 e. The number of amides is 2. The molecule has 2 fully saturated rings. The summed E-state index contributed by atoms with van der Waals surface area (Å²) >= 11 is 5.89. The third-order valence-corrected chi connectivity index (χ3v) is 7.69. The standard InChI is InChI=1S/C26H32ClFN4O3/c1-16-13-31(14-17(2)35-16)26(34)25-21-4-3-5-23(21)32(29-25)15-24(33)30-10-8-18(9-11-30)20-7-6-19(27)12-22(20)28/h6-7,12,16-18H,3-5,8-11,13-15H2,1-2H3/t16-,17+. The van der Waals surface area contributed by atoms with Crippen molar-refractivity contribution in [3.05, 3.63) is 51.6 Å². The Kier molecular flexibility index (Phi) is 6.86. The molecular weight excluding hydrogens is 471 g/mol. The highest BCUT2D eigenvalue weighted by molar-refractivity contribution is 6.30. The van der Waals surface area contributed by atoms with Gasteiger partial charge in [0.1, 0.15) is 12.4 Å². The quantitative estimate of drug-likeness (QED) is 0.637. The minimum absolute atomic E-state index is 0.00940. The lowest BCUT2D eigenvalue weighted by atomic mass is 9.89. The average molecular weight is 503 g/mol. The molecule has 2 atom stereocenters. The average Bonchev–Trinajstić information content (AvgIpc) is 3.42. The highest BCUT2D eigenvalue weighted by atomic mass is 35.5. The molecule has 1 aromatic carbocycles. The number of nitrogens with zero attached hydrogens (tertiary/aromatic N) is 4. The molecule has 1 aliphatic carbocycles. The Morgan fingerprint density at radius 1 is 1.11 bits per heavy atom. The SMILES string of the molecule is C[C@@H]1CN(C(=O)c2nn(CC(=O)N3CCC(c4ccc(Cl)cc4F)CC3)c3c2CCC3)C[C@H](C)O1. The monoisotopic (exact) mass is 502 g/mol. The lowest BCUT2D eigenvalue weighted by molar-refractivity contribution is -0.133. The van der Waals surface area contributed by atoms with E-state index in [0.29, 0.717) is 55.3 Å². The van der Waals surface area contributed by atoms with E-state index in [1.807, 2.05) is 23.6 Å². The summed E-state index contributed by atoms with van der Waals surface area (Å²) in [7, 11) is 0. The number of likely N-dealkylation sites (tertiary alicyclic amines) is 1. The van der Waals surface area contributed by atoms with E-state index in [-0.39, 0.29) is 42.3 Å². The molecule has 2 aromatic rings. The molecular formula is C26H32ClFN4O3. The van der Waals surface area contributed by atoms with Crippen molar-refractivity contribution < 1.29 is 18.7 Å². The van der Waals surface area contributed by atoms with Crippen molar-refractivity contribution in [1.29, 1.82) is 0 Å². The van der Waals surface area contributed by atoms with Gasteiger partial charge in [0.05, 0.1) is 12.2 Å². The fourth-order valence-corrected chi connectivity index (χ4v) is 5.96. The number of hydrogen-bond acceptors (Lipinski definition) is 4. The lowest BCUT2D eigenvalue weighted by Crippen LogP contribution is -2.48. The molecule has 7 nitrogen and oxygen atoms in total. The van der Waals surface area contributed by atoms with Crippen LogP contribution in [0.1, 0.15) is 66.3 Å². The van der Waals surface area contributed by atoms with Gasteiger partial charge >= 0.3 is 0 Å². The van der Waals surface area contributed by atoms with Gasteiger partial charge in [-0.05, 0) is 69.6 Å². The maximum Gasteiger partial charge on any atom is 0.274 e. The molecule has 5 rings (SSSR count). The summed E-state index contributed by atoms with van der Waals surface area (Å²) in [5.41, 5.74) is 3.16. The van der Waals surface area contributed by atoms with Crippen LogP contribution >= 0.6 is 11.6 Å². The molecule has 0 bridgehead atoms. The molecule has 0 N–H and O–H groups in total. The van der Waals surface area contributed by atoms with Crippen molar-refractivity contribution in [3.8, 4) is 0 Å². The lowest BCUT2D eigenvalue weighted by Gasteiger charge is -2.35. The molecule has 2 amide bonds. The number of fused-ring (bicyclic) bond motifs is 1. The third-order valence-electron chi connectivity index (χ3n) is 7.45. The van der Waals surface area contributed by atoms with Gasteiger partial charge in [0.2, 0.25) is 5.91 Å². The highest BCUT2D eigenvalue weighted by Crippen LogP contribution is 2.32. The van der Waals surface area contributed by atoms with Gasteiger partial charge in [-0.15, -0.1) is 0 Å². The first kappa shape index (κ1) is 24.3. The number of halogens is 2. The maximum atomic E-state index is 14.3. The molecule has 3 heterocycles. The molecule has 2 saturated heterocycles. The molecule has 35 heavy (non-hydrogen) atoms. The van der Waals surface area contributed by atoms with E-state index in [2.05, 4.69) is 5.10 Å². The molecule has 0 unspecified atom stereocenters. The third kappa shape index (κ3) is 4.96. The fraction of sp³-hybridized carbons (Fsp3) is 0.577. The Labute approximate surface area is 210 Å². The number of hydrogen-bond donors (Lipinski definition) is 0. The molecule has 0 saturated carbocycles. The van der Waals surface area contributed by atoms with Crippen LogP contribution in [0.15, 0.2) is 18.2 Å². The van der Waals surface area contributed by atoms with E-state index < -0.39 is 0 Å². The van der Waals surface area contributed by atoms with Crippen molar-refractivity contribution in [2.24, 2.45) is 0 Å². The van der Waals surface area contributed by atoms with E-state index in [0.717, 1.165) is 30.5 Å². The number of aromatic nitrogens is 2. The predicted molar refractivity (Wildman–Crippen MR) is 130 cm³/mol. The normalized spacial score (nSPS) is 23.0. The van der Waals surface area contributed by atoms with Gasteiger partial charge < -0.3 is 14.5 Å². The minimum Gasteiger partial charge on any atom is -0.372 e. The van der Waals surface area contributed by atoms with Crippen LogP contribution in [-0.4, -0.2) is 69.8 Å². The van der Waals surface area contributed by atoms with Crippen LogP contribution in [-0.2, 0) is 28.9 Å². The van der Waals surface area contributed by atoms with E-state index in [1.165, 1.54) is 6.07 Å². The second kappa shape index (κ2) is 9.90. The molecule has 3 aliphatic rings. The number of piperidine rings is 1. The van der Waals surface area contributed by atoms with Gasteiger partial charge in [0.25, 0.3) is 5.91 Å². The van der Waals surface area contributed by atoms with Crippen molar-refractivity contribution >= 4 is 23.4 Å². The zero-order valence-electron chi connectivity index (χ0n) is 20.3. The van der Waals surface area contributed by atoms with Crippen molar-refractivity contribution in [1.82, 2.24) is 19.6 Å². The Morgan fingerprint density at radius 3 is 2.51 bits per heavy atom. The van der Waals surface area contributed by atoms with Crippen LogP contribution in [0.5, 0.6) is 0 Å². The van der Waals surface area contributed by atoms with Crippen LogP contribution in [0, 0.1) is 5.82 Å². The maximum absolute atomic E-state index is 14.3. The van der Waals surface area contributed by atoms with Crippen LogP contribution in [0.25, 0.3) is 0 Å². The number of rotatable bonds is 4. The summed E-state index contributed by atoms with van der Waals surface area (Å²) in [4.78, 5) is 30.1. The van der Waals surface area contributed by atoms with E-state index >= 15 is 0 Å². The largest absolute Gasteiger partial charge is 0.372 e. The van der Waals surface area contributed by atoms with E-state index in [9.17, 15) is 14.0 Å². The summed E-state index contributed by atoms with van der Waals surface area (Å²) in [5, 5.41) is 5.04. The van der Waals surface area contributed by atoms with Gasteiger partial charge in [-0.3, -0.25) is 14.3 Å². The number of ether oxygens (including phenoxy) is 1. The number of carbonyl (C=O) groups is 2. The van der Waals surface area contributed by atoms with Gasteiger partial charge in [-0.1, -0.05) is 17.7 Å². The van der Waals surface area contributed by atoms with Gasteiger partial charge in [-0.25, -0.2) is 4.39 Å². The Balaban J connectivity index is 1.25. The van der Waals surface area contributed by atoms with Crippen molar-refractivity contribution in [2.45, 2.75) is 70.6 Å². The molecule has 1 aromatic heterocycles. The van der Waals surface area contributed by atoms with E-state index in [4.69, 9.17) is 16.3 Å². The minimum atomic E-state index is -0.282. The van der Waals surface area contributed by atoms with Crippen LogP contribution in [0.4, 0.5) is 4.39 Å². The number of morpholine rings is 1. The van der Waals surface area contributed by atoms with Crippen LogP contribution in [0.2, 0.25) is 5.02 Å². The summed E-state index contributed by atoms with van der Waals surface area (Å²) < 4.78 is 21.9. The molecule has 188 valence electrons. The Morgan fingerprint density at radius 2 is 1.83 bits per heavy atom. The van der Waals surface area contributed by atoms with Gasteiger partial charge in [-0.2, -0.15) is 5.10 Å². The molecule has 2 aliphatic heterocycles. The predicted octanol–water partition coefficient (Wildman–Crippen LogP) is 3.82. The first-order valence-corrected chi connectivity index (χ1v) is 12.9. The zero-order chi connectivity index (χ0) is 24.7. The molecule has 0 radical (unpaired) electrons. The number of benzene rings is 1. The van der Waals surface area contributed by atoms with Gasteiger partial charge in [0, 0.05) is 42.5 Å². The summed E-state index contributed by atoms with van der Waals surface area (Å²) in [6.45, 7) is 6.32. The highest BCUT2D eigenvalue weighted by Gasteiger charge is 2.34. The Bertz CT molecular complexity index is 1120. The molecule has 0 spiro atoms. The zero-order valence-corrected chi connectivity index (χ0v) is 21.1.